The smallest absolute Gasteiger partial charge is 0.305 e. The van der Waals surface area contributed by atoms with Gasteiger partial charge in [-0.2, -0.15) is 0 Å². The van der Waals surface area contributed by atoms with E-state index in [2.05, 4.69) is 10.3 Å². The summed E-state index contributed by atoms with van der Waals surface area (Å²) in [6.45, 7) is 1.75. The zero-order chi connectivity index (χ0) is 33.3. The molecule has 246 valence electrons. The molecule has 3 fully saturated rings. The number of aryl methyl sites for hydroxylation is 1. The first kappa shape index (κ1) is 30.8. The lowest BCUT2D eigenvalue weighted by Crippen LogP contribution is -2.42. The Morgan fingerprint density at radius 2 is 1.71 bits per heavy atom. The number of fused-ring (bicyclic) bond motifs is 9. The SMILES string of the molecule is COc1ccc(N2C(=O)[C@H]3[C@H]4C[C@@H]([C@@H]3C2=O)[C@@H]2[C@H](c3ccc(OCC(=O)Nc5cccc(C)c5)c(OC)c3)c3sc(=O)[nH]c3S[C@H]42)cc1. The summed E-state index contributed by atoms with van der Waals surface area (Å²) >= 11 is 2.85. The van der Waals surface area contributed by atoms with Gasteiger partial charge in [-0.3, -0.25) is 24.1 Å². The van der Waals surface area contributed by atoms with E-state index in [1.54, 1.807) is 56.3 Å². The molecule has 2 bridgehead atoms. The number of aromatic amines is 1. The maximum atomic E-state index is 14.1. The maximum absolute atomic E-state index is 14.1. The summed E-state index contributed by atoms with van der Waals surface area (Å²) in [4.78, 5) is 58.5. The highest BCUT2D eigenvalue weighted by Crippen LogP contribution is 2.68. The van der Waals surface area contributed by atoms with Gasteiger partial charge < -0.3 is 24.5 Å². The number of amides is 3. The van der Waals surface area contributed by atoms with Gasteiger partial charge in [0, 0.05) is 21.7 Å². The molecule has 2 aliphatic carbocycles. The fourth-order valence-corrected chi connectivity index (χ4v) is 11.3. The molecule has 1 aromatic heterocycles. The van der Waals surface area contributed by atoms with Crippen LogP contribution in [0.15, 0.2) is 76.6 Å². The second-order valence-electron chi connectivity index (χ2n) is 12.8. The monoisotopic (exact) mass is 683 g/mol. The fourth-order valence-electron chi connectivity index (χ4n) is 8.44. The number of hydrogen-bond acceptors (Lipinski definition) is 9. The quantitative estimate of drug-likeness (QED) is 0.235. The van der Waals surface area contributed by atoms with Gasteiger partial charge >= 0.3 is 4.87 Å². The number of imide groups is 1. The molecule has 8 rings (SSSR count). The van der Waals surface area contributed by atoms with Gasteiger partial charge in [0.2, 0.25) is 11.8 Å². The Bertz CT molecular complexity index is 2010. The molecule has 0 unspecified atom stereocenters. The zero-order valence-corrected chi connectivity index (χ0v) is 28.1. The number of nitrogens with one attached hydrogen (secondary N) is 2. The van der Waals surface area contributed by atoms with Gasteiger partial charge in [0.05, 0.1) is 36.8 Å². The van der Waals surface area contributed by atoms with Crippen molar-refractivity contribution in [1.29, 1.82) is 0 Å². The number of nitrogens with zero attached hydrogens (tertiary/aromatic N) is 1. The van der Waals surface area contributed by atoms with E-state index >= 15 is 0 Å². The van der Waals surface area contributed by atoms with E-state index in [1.807, 2.05) is 43.3 Å². The molecular weight excluding hydrogens is 651 g/mol. The first-order chi connectivity index (χ1) is 23.2. The van der Waals surface area contributed by atoms with Gasteiger partial charge in [0.15, 0.2) is 18.1 Å². The molecule has 48 heavy (non-hydrogen) atoms. The Kier molecular flexibility index (Phi) is 7.59. The highest BCUT2D eigenvalue weighted by molar-refractivity contribution is 8.00. The fraction of sp³-hybridized carbons (Fsp3) is 0.333. The van der Waals surface area contributed by atoms with Crippen LogP contribution in [0.3, 0.4) is 0 Å². The van der Waals surface area contributed by atoms with Crippen molar-refractivity contribution < 1.29 is 28.6 Å². The van der Waals surface area contributed by atoms with Crippen molar-refractivity contribution in [3.05, 3.63) is 92.4 Å². The molecule has 0 spiro atoms. The number of methoxy groups -OCH3 is 2. The standard InChI is InChI=1S/C36H33N3O7S2/c1-17-5-4-6-19(13-17)37-26(40)16-46-24-12-7-18(14-25(24)45-3)27-28-22-15-23(31(28)47-33-32(27)48-36(43)38-33)30-29(22)34(41)39(35(30)42)20-8-10-21(44-2)11-9-20/h4-14,22-23,27-31H,15-16H2,1-3H3,(H,37,40)(H,38,43)/t22-,23-,27+,28-,29+,30+,31-/m1/s1. The third kappa shape index (κ3) is 4.92. The van der Waals surface area contributed by atoms with Crippen molar-refractivity contribution in [3.63, 3.8) is 0 Å². The normalized spacial score (nSPS) is 26.6. The summed E-state index contributed by atoms with van der Waals surface area (Å²) in [6.07, 6.45) is 0.787. The van der Waals surface area contributed by atoms with Gasteiger partial charge in [0.25, 0.3) is 5.91 Å². The molecule has 2 N–H and O–H groups in total. The van der Waals surface area contributed by atoms with Crippen LogP contribution in [0, 0.1) is 36.5 Å². The van der Waals surface area contributed by atoms with Crippen LogP contribution in [0.5, 0.6) is 17.2 Å². The number of ether oxygens (including phenoxy) is 3. The van der Waals surface area contributed by atoms with E-state index in [-0.39, 0.29) is 64.0 Å². The van der Waals surface area contributed by atoms with Crippen LogP contribution in [-0.2, 0) is 14.4 Å². The average Bonchev–Trinajstić information content (AvgIpc) is 3.82. The largest absolute Gasteiger partial charge is 0.497 e. The van der Waals surface area contributed by atoms with Crippen molar-refractivity contribution in [1.82, 2.24) is 4.98 Å². The summed E-state index contributed by atoms with van der Waals surface area (Å²) in [5, 5.41) is 3.74. The Morgan fingerprint density at radius 1 is 0.938 bits per heavy atom. The first-order valence-corrected chi connectivity index (χ1v) is 17.5. The Labute approximate surface area is 284 Å². The summed E-state index contributed by atoms with van der Waals surface area (Å²) in [5.41, 5.74) is 3.22. The summed E-state index contributed by atoms with van der Waals surface area (Å²) in [6, 6.07) is 20.2. The van der Waals surface area contributed by atoms with Crippen LogP contribution in [0.2, 0.25) is 0 Å². The minimum absolute atomic E-state index is 0.00478. The molecule has 4 aliphatic rings. The predicted molar refractivity (Wildman–Crippen MR) is 182 cm³/mol. The Balaban J connectivity index is 1.09. The zero-order valence-electron chi connectivity index (χ0n) is 26.4. The number of thioether (sulfide) groups is 1. The van der Waals surface area contributed by atoms with Crippen LogP contribution in [0.4, 0.5) is 11.4 Å². The molecule has 7 atom stereocenters. The number of thiazole rings is 1. The number of H-pyrrole nitrogens is 1. The molecule has 1 saturated heterocycles. The lowest BCUT2D eigenvalue weighted by Gasteiger charge is -2.43. The van der Waals surface area contributed by atoms with E-state index in [0.717, 1.165) is 27.5 Å². The number of hydrogen-bond donors (Lipinski definition) is 2. The van der Waals surface area contributed by atoms with Crippen molar-refractivity contribution in [2.45, 2.75) is 29.5 Å². The summed E-state index contributed by atoms with van der Waals surface area (Å²) in [5.74, 6) is -0.0210. The minimum Gasteiger partial charge on any atom is -0.497 e. The molecule has 3 heterocycles. The lowest BCUT2D eigenvalue weighted by atomic mass is 9.68. The molecule has 3 aromatic carbocycles. The van der Waals surface area contributed by atoms with E-state index in [1.165, 1.54) is 16.2 Å². The number of anilines is 2. The lowest BCUT2D eigenvalue weighted by molar-refractivity contribution is -0.123. The van der Waals surface area contributed by atoms with Crippen LogP contribution in [0.1, 0.15) is 28.3 Å². The van der Waals surface area contributed by atoms with E-state index in [9.17, 15) is 19.2 Å². The number of benzene rings is 3. The molecule has 0 radical (unpaired) electrons. The van der Waals surface area contributed by atoms with Gasteiger partial charge in [-0.1, -0.05) is 29.5 Å². The second-order valence-corrected chi connectivity index (χ2v) is 15.0. The van der Waals surface area contributed by atoms with Gasteiger partial charge in [-0.15, -0.1) is 11.8 Å². The second kappa shape index (κ2) is 11.9. The molecule has 2 saturated carbocycles. The van der Waals surface area contributed by atoms with E-state index in [0.29, 0.717) is 28.6 Å². The third-order valence-corrected chi connectivity index (χ3v) is 12.9. The van der Waals surface area contributed by atoms with Crippen LogP contribution in [0.25, 0.3) is 0 Å². The van der Waals surface area contributed by atoms with Crippen molar-refractivity contribution in [2.75, 3.05) is 31.0 Å². The molecule has 10 nitrogen and oxygen atoms in total. The Hall–Kier alpha value is -4.55. The van der Waals surface area contributed by atoms with Crippen LogP contribution >= 0.6 is 23.1 Å². The summed E-state index contributed by atoms with van der Waals surface area (Å²) in [7, 11) is 3.13. The topological polar surface area (TPSA) is 127 Å². The molecule has 2 aliphatic heterocycles. The van der Waals surface area contributed by atoms with Gasteiger partial charge in [-0.25, -0.2) is 0 Å². The van der Waals surface area contributed by atoms with E-state index < -0.39 is 5.92 Å². The predicted octanol–water partition coefficient (Wildman–Crippen LogP) is 5.46. The highest BCUT2D eigenvalue weighted by Gasteiger charge is 2.69. The molecule has 4 aromatic rings. The van der Waals surface area contributed by atoms with E-state index in [4.69, 9.17) is 14.2 Å². The Morgan fingerprint density at radius 3 is 2.44 bits per heavy atom. The maximum Gasteiger partial charge on any atom is 0.305 e. The highest BCUT2D eigenvalue weighted by atomic mass is 32.2. The van der Waals surface area contributed by atoms with Crippen molar-refractivity contribution in [2.24, 2.45) is 29.6 Å². The van der Waals surface area contributed by atoms with Crippen molar-refractivity contribution >= 4 is 52.2 Å². The van der Waals surface area contributed by atoms with Gasteiger partial charge in [0.1, 0.15) is 5.75 Å². The summed E-state index contributed by atoms with van der Waals surface area (Å²) < 4.78 is 16.9. The van der Waals surface area contributed by atoms with Crippen molar-refractivity contribution in [3.8, 4) is 17.2 Å². The average molecular weight is 684 g/mol. The first-order valence-electron chi connectivity index (χ1n) is 15.8. The number of aromatic nitrogens is 1. The number of carbonyl (C=O) groups excluding carboxylic acids is 3. The number of carbonyl (C=O) groups is 3. The molecule has 3 amide bonds. The van der Waals surface area contributed by atoms with Crippen LogP contribution in [-0.4, -0.2) is 48.8 Å². The van der Waals surface area contributed by atoms with Gasteiger partial charge in [-0.05, 0) is 90.8 Å². The number of rotatable bonds is 8. The minimum atomic E-state index is -0.414. The molecule has 12 heteroatoms. The third-order valence-electron chi connectivity index (χ3n) is 10.3. The van der Waals surface area contributed by atoms with Crippen LogP contribution < -0.4 is 29.3 Å². The molecular formula is C36H33N3O7S2.